The van der Waals surface area contributed by atoms with Crippen LogP contribution in [0.15, 0.2) is 96.2 Å². The van der Waals surface area contributed by atoms with Crippen molar-refractivity contribution in [1.29, 1.82) is 5.26 Å². The Kier molecular flexibility index (Phi) is 6.36. The fraction of sp³-hybridized carbons (Fsp3) is 0.0400. The molecule has 0 aliphatic rings. The van der Waals surface area contributed by atoms with Crippen molar-refractivity contribution in [2.24, 2.45) is 0 Å². The summed E-state index contributed by atoms with van der Waals surface area (Å²) < 4.78 is 0. The summed E-state index contributed by atoms with van der Waals surface area (Å²) in [6.07, 6.45) is 0. The number of thioether (sulfide) groups is 1. The Morgan fingerprint density at radius 2 is 1.39 bits per heavy atom. The molecule has 4 rings (SSSR count). The molecule has 1 heterocycles. The summed E-state index contributed by atoms with van der Waals surface area (Å²) in [7, 11) is 0. The number of carbonyl (C=O) groups excluding carboxylic acids is 1. The van der Waals surface area contributed by atoms with E-state index in [1.165, 1.54) is 11.8 Å². The second kappa shape index (κ2) is 9.70. The van der Waals surface area contributed by atoms with Crippen LogP contribution >= 0.6 is 11.8 Å². The maximum Gasteiger partial charge on any atom is 0.234 e. The SMILES string of the molecule is N#Cc1ccc(NC(=O)CSc2nc(-c3ccccc3)cc(-c3ccccc3)n2)cc1. The van der Waals surface area contributed by atoms with Gasteiger partial charge >= 0.3 is 0 Å². The maximum absolute atomic E-state index is 12.4. The van der Waals surface area contributed by atoms with E-state index < -0.39 is 0 Å². The van der Waals surface area contributed by atoms with Gasteiger partial charge in [-0.3, -0.25) is 4.79 Å². The average molecular weight is 423 g/mol. The predicted molar refractivity (Wildman–Crippen MR) is 123 cm³/mol. The van der Waals surface area contributed by atoms with Gasteiger partial charge in [-0.1, -0.05) is 72.4 Å². The molecule has 0 aliphatic carbocycles. The number of nitrogens with one attached hydrogen (secondary N) is 1. The molecular weight excluding hydrogens is 404 g/mol. The number of hydrogen-bond donors (Lipinski definition) is 1. The average Bonchev–Trinajstić information content (AvgIpc) is 2.84. The molecule has 0 aliphatic heterocycles. The minimum absolute atomic E-state index is 0.162. The number of rotatable bonds is 6. The predicted octanol–water partition coefficient (Wildman–Crippen LogP) is 5.41. The van der Waals surface area contributed by atoms with Gasteiger partial charge in [-0.2, -0.15) is 5.26 Å². The van der Waals surface area contributed by atoms with Gasteiger partial charge in [-0.15, -0.1) is 0 Å². The number of amides is 1. The molecule has 150 valence electrons. The van der Waals surface area contributed by atoms with E-state index in [1.54, 1.807) is 24.3 Å². The molecule has 0 radical (unpaired) electrons. The zero-order chi connectivity index (χ0) is 21.5. The summed E-state index contributed by atoms with van der Waals surface area (Å²) in [5.74, 6) is 0.0108. The van der Waals surface area contributed by atoms with Gasteiger partial charge < -0.3 is 5.32 Å². The summed E-state index contributed by atoms with van der Waals surface area (Å²) in [6, 6.07) is 30.6. The first-order valence-corrected chi connectivity index (χ1v) is 10.6. The molecule has 0 saturated heterocycles. The van der Waals surface area contributed by atoms with Crippen molar-refractivity contribution in [3.8, 4) is 28.6 Å². The first-order chi connectivity index (χ1) is 15.2. The van der Waals surface area contributed by atoms with Gasteiger partial charge in [0, 0.05) is 16.8 Å². The van der Waals surface area contributed by atoms with Crippen molar-refractivity contribution in [3.05, 3.63) is 96.6 Å². The van der Waals surface area contributed by atoms with Gasteiger partial charge in [0.15, 0.2) is 5.16 Å². The van der Waals surface area contributed by atoms with Crippen LogP contribution < -0.4 is 5.32 Å². The van der Waals surface area contributed by atoms with Gasteiger partial charge in [0.05, 0.1) is 28.8 Å². The highest BCUT2D eigenvalue weighted by molar-refractivity contribution is 7.99. The molecule has 1 N–H and O–H groups in total. The molecule has 31 heavy (non-hydrogen) atoms. The van der Waals surface area contributed by atoms with Crippen LogP contribution in [-0.2, 0) is 4.79 Å². The summed E-state index contributed by atoms with van der Waals surface area (Å²) in [5.41, 5.74) is 4.80. The molecule has 5 nitrogen and oxygen atoms in total. The Labute approximate surface area is 184 Å². The highest BCUT2D eigenvalue weighted by Gasteiger charge is 2.11. The van der Waals surface area contributed by atoms with Crippen LogP contribution in [0.3, 0.4) is 0 Å². The molecule has 0 fully saturated rings. The van der Waals surface area contributed by atoms with Gasteiger partial charge in [0.1, 0.15) is 0 Å². The molecule has 6 heteroatoms. The number of carbonyl (C=O) groups is 1. The highest BCUT2D eigenvalue weighted by Crippen LogP contribution is 2.27. The van der Waals surface area contributed by atoms with E-state index in [9.17, 15) is 4.79 Å². The molecule has 1 aromatic heterocycles. The lowest BCUT2D eigenvalue weighted by Crippen LogP contribution is -2.14. The van der Waals surface area contributed by atoms with Crippen LogP contribution in [0.1, 0.15) is 5.56 Å². The Balaban J connectivity index is 1.54. The second-order valence-corrected chi connectivity index (χ2v) is 7.62. The largest absolute Gasteiger partial charge is 0.325 e. The van der Waals surface area contributed by atoms with Crippen LogP contribution in [0.5, 0.6) is 0 Å². The van der Waals surface area contributed by atoms with Crippen LogP contribution in [0.2, 0.25) is 0 Å². The summed E-state index contributed by atoms with van der Waals surface area (Å²) in [5, 5.41) is 12.2. The van der Waals surface area contributed by atoms with Gasteiger partial charge in [-0.05, 0) is 30.3 Å². The molecule has 0 atom stereocenters. The van der Waals surface area contributed by atoms with Crippen molar-refractivity contribution in [1.82, 2.24) is 9.97 Å². The number of nitrogens with zero attached hydrogens (tertiary/aromatic N) is 3. The van der Waals surface area contributed by atoms with E-state index in [4.69, 9.17) is 5.26 Å². The smallest absolute Gasteiger partial charge is 0.234 e. The maximum atomic E-state index is 12.4. The fourth-order valence-corrected chi connectivity index (χ4v) is 3.62. The van der Waals surface area contributed by atoms with Gasteiger partial charge in [0.25, 0.3) is 0 Å². The molecule has 0 bridgehead atoms. The summed E-state index contributed by atoms with van der Waals surface area (Å²) in [4.78, 5) is 21.7. The number of benzene rings is 3. The van der Waals surface area contributed by atoms with Crippen molar-refractivity contribution in [2.45, 2.75) is 5.16 Å². The van der Waals surface area contributed by atoms with E-state index in [0.717, 1.165) is 22.5 Å². The van der Waals surface area contributed by atoms with Crippen molar-refractivity contribution >= 4 is 23.4 Å². The Morgan fingerprint density at radius 3 is 1.90 bits per heavy atom. The van der Waals surface area contributed by atoms with Crippen LogP contribution in [0.25, 0.3) is 22.5 Å². The highest BCUT2D eigenvalue weighted by atomic mass is 32.2. The van der Waals surface area contributed by atoms with E-state index >= 15 is 0 Å². The lowest BCUT2D eigenvalue weighted by Gasteiger charge is -2.09. The minimum atomic E-state index is -0.162. The third kappa shape index (κ3) is 5.35. The quantitative estimate of drug-likeness (QED) is 0.332. The van der Waals surface area contributed by atoms with E-state index in [-0.39, 0.29) is 11.7 Å². The van der Waals surface area contributed by atoms with Gasteiger partial charge in [-0.25, -0.2) is 9.97 Å². The third-order valence-electron chi connectivity index (χ3n) is 4.47. The number of aromatic nitrogens is 2. The minimum Gasteiger partial charge on any atom is -0.325 e. The van der Waals surface area contributed by atoms with Crippen molar-refractivity contribution < 1.29 is 4.79 Å². The number of anilines is 1. The summed E-state index contributed by atoms with van der Waals surface area (Å²) in [6.45, 7) is 0. The molecular formula is C25H18N4OS. The zero-order valence-corrected chi connectivity index (χ0v) is 17.3. The van der Waals surface area contributed by atoms with Crippen molar-refractivity contribution in [2.75, 3.05) is 11.1 Å². The normalized spacial score (nSPS) is 10.3. The van der Waals surface area contributed by atoms with Crippen LogP contribution in [-0.4, -0.2) is 21.6 Å². The number of nitriles is 1. The van der Waals surface area contributed by atoms with Gasteiger partial charge in [0.2, 0.25) is 5.91 Å². The second-order valence-electron chi connectivity index (χ2n) is 6.68. The van der Waals surface area contributed by atoms with E-state index in [0.29, 0.717) is 16.4 Å². The van der Waals surface area contributed by atoms with Crippen LogP contribution in [0.4, 0.5) is 5.69 Å². The first-order valence-electron chi connectivity index (χ1n) is 9.64. The molecule has 1 amide bonds. The van der Waals surface area contributed by atoms with E-state index in [1.807, 2.05) is 66.7 Å². The lowest BCUT2D eigenvalue weighted by molar-refractivity contribution is -0.113. The molecule has 0 unspecified atom stereocenters. The summed E-state index contributed by atoms with van der Waals surface area (Å²) >= 11 is 1.29. The Morgan fingerprint density at radius 1 is 0.839 bits per heavy atom. The molecule has 0 spiro atoms. The lowest BCUT2D eigenvalue weighted by atomic mass is 10.1. The number of hydrogen-bond acceptors (Lipinski definition) is 5. The van der Waals surface area contributed by atoms with Crippen LogP contribution in [0, 0.1) is 11.3 Å². The van der Waals surface area contributed by atoms with Crippen molar-refractivity contribution in [3.63, 3.8) is 0 Å². The third-order valence-corrected chi connectivity index (χ3v) is 5.32. The fourth-order valence-electron chi connectivity index (χ4n) is 2.96. The zero-order valence-electron chi connectivity index (χ0n) is 16.5. The molecule has 4 aromatic rings. The first kappa shape index (κ1) is 20.3. The monoisotopic (exact) mass is 422 g/mol. The standard InChI is InChI=1S/C25H18N4OS/c26-16-18-11-13-21(14-12-18)27-24(30)17-31-25-28-22(19-7-3-1-4-8-19)15-23(29-25)20-9-5-2-6-10-20/h1-15H,17H2,(H,27,30). The Bertz CT molecular complexity index is 1160. The molecule has 3 aromatic carbocycles. The van der Waals surface area contributed by atoms with E-state index in [2.05, 4.69) is 21.4 Å². The molecule has 0 saturated carbocycles. The Hall–Kier alpha value is -3.95. The topological polar surface area (TPSA) is 78.7 Å².